The van der Waals surface area contributed by atoms with E-state index in [0.717, 1.165) is 39.8 Å². The predicted molar refractivity (Wildman–Crippen MR) is 107 cm³/mol. The second-order valence-electron chi connectivity index (χ2n) is 6.83. The van der Waals surface area contributed by atoms with Gasteiger partial charge >= 0.3 is 0 Å². The van der Waals surface area contributed by atoms with Crippen molar-refractivity contribution in [2.75, 3.05) is 24.2 Å². The Morgan fingerprint density at radius 1 is 1.11 bits per heavy atom. The highest BCUT2D eigenvalue weighted by atomic mass is 32.2. The molecule has 3 aromatic rings. The van der Waals surface area contributed by atoms with Gasteiger partial charge in [0.1, 0.15) is 23.8 Å². The predicted octanol–water partition coefficient (Wildman–Crippen LogP) is 4.73. The number of fused-ring (bicyclic) bond motifs is 1. The van der Waals surface area contributed by atoms with Crippen LogP contribution in [0.2, 0.25) is 0 Å². The van der Waals surface area contributed by atoms with Crippen LogP contribution in [0.5, 0.6) is 0 Å². The maximum absolute atomic E-state index is 13.9. The Bertz CT molecular complexity index is 1040. The number of carbonyl (C=O) groups is 1. The van der Waals surface area contributed by atoms with Gasteiger partial charge in [0.2, 0.25) is 0 Å². The number of thioether (sulfide) groups is 1. The molecule has 0 aliphatic carbocycles. The number of hydrogen-bond donors (Lipinski definition) is 0. The minimum absolute atomic E-state index is 0.157. The molecule has 0 spiro atoms. The van der Waals surface area contributed by atoms with Crippen molar-refractivity contribution in [3.8, 4) is 0 Å². The fraction of sp³-hybridized carbons (Fsp3) is 0.286. The molecule has 2 aromatic carbocycles. The van der Waals surface area contributed by atoms with Gasteiger partial charge in [0.15, 0.2) is 5.78 Å². The maximum Gasteiger partial charge on any atom is 0.169 e. The molecule has 1 aromatic heterocycles. The summed E-state index contributed by atoms with van der Waals surface area (Å²) in [6.45, 7) is 1.26. The van der Waals surface area contributed by atoms with E-state index < -0.39 is 11.6 Å². The van der Waals surface area contributed by atoms with E-state index in [2.05, 4.69) is 20.9 Å². The Morgan fingerprint density at radius 2 is 1.89 bits per heavy atom. The highest BCUT2D eigenvalue weighted by Gasteiger charge is 2.28. The molecule has 4 rings (SSSR count). The van der Waals surface area contributed by atoms with Crippen LogP contribution in [-0.4, -0.2) is 35.1 Å². The topological polar surface area (TPSA) is 46.1 Å². The minimum Gasteiger partial charge on any atom is -0.356 e. The van der Waals surface area contributed by atoms with Crippen molar-refractivity contribution in [1.82, 2.24) is 9.97 Å². The molecule has 1 aliphatic heterocycles. The molecule has 0 N–H and O–H groups in total. The minimum atomic E-state index is -0.666. The number of aromatic nitrogens is 2. The molecule has 28 heavy (non-hydrogen) atoms. The third-order valence-electron chi connectivity index (χ3n) is 5.18. The van der Waals surface area contributed by atoms with Crippen molar-refractivity contribution >= 4 is 34.3 Å². The van der Waals surface area contributed by atoms with Crippen LogP contribution in [0.4, 0.5) is 14.6 Å². The van der Waals surface area contributed by atoms with Gasteiger partial charge in [0.25, 0.3) is 0 Å². The molecule has 144 valence electrons. The number of halogens is 2. The van der Waals surface area contributed by atoms with E-state index in [9.17, 15) is 13.6 Å². The number of nitrogens with zero attached hydrogens (tertiary/aromatic N) is 3. The monoisotopic (exact) mass is 399 g/mol. The lowest BCUT2D eigenvalue weighted by atomic mass is 9.88. The SMILES string of the molecule is CSc1ccc2ncnc(N3CCC(C(=O)c4cc(F)ccc4F)CC3)c2c1. The summed E-state index contributed by atoms with van der Waals surface area (Å²) in [6.07, 6.45) is 4.72. The van der Waals surface area contributed by atoms with Crippen molar-refractivity contribution in [2.24, 2.45) is 5.92 Å². The fourth-order valence-electron chi connectivity index (χ4n) is 3.66. The normalized spacial score (nSPS) is 15.2. The third kappa shape index (κ3) is 3.58. The first-order valence-electron chi connectivity index (χ1n) is 9.10. The van der Waals surface area contributed by atoms with Gasteiger partial charge < -0.3 is 4.90 Å². The summed E-state index contributed by atoms with van der Waals surface area (Å²) in [6, 6.07) is 9.12. The zero-order chi connectivity index (χ0) is 19.7. The first-order chi connectivity index (χ1) is 13.6. The maximum atomic E-state index is 13.9. The molecule has 0 unspecified atom stereocenters. The van der Waals surface area contributed by atoms with Crippen LogP contribution >= 0.6 is 11.8 Å². The van der Waals surface area contributed by atoms with Crippen LogP contribution in [0.3, 0.4) is 0 Å². The summed E-state index contributed by atoms with van der Waals surface area (Å²) in [4.78, 5) is 24.7. The van der Waals surface area contributed by atoms with Crippen molar-refractivity contribution in [2.45, 2.75) is 17.7 Å². The standard InChI is InChI=1S/C21H19F2N3OS/c1-28-15-3-5-19-17(11-15)21(25-12-24-19)26-8-6-13(7-9-26)20(27)16-10-14(22)2-4-18(16)23/h2-5,10-13H,6-9H2,1H3. The Morgan fingerprint density at radius 3 is 2.64 bits per heavy atom. The first kappa shape index (κ1) is 18.8. The summed E-state index contributed by atoms with van der Waals surface area (Å²) < 4.78 is 27.4. The molecule has 4 nitrogen and oxygen atoms in total. The van der Waals surface area contributed by atoms with Crippen molar-refractivity contribution < 1.29 is 13.6 Å². The molecule has 0 saturated carbocycles. The zero-order valence-corrected chi connectivity index (χ0v) is 16.2. The average molecular weight is 399 g/mol. The molecule has 1 aliphatic rings. The Balaban J connectivity index is 1.54. The largest absolute Gasteiger partial charge is 0.356 e. The van der Waals surface area contributed by atoms with Crippen molar-refractivity contribution in [1.29, 1.82) is 0 Å². The number of Topliss-reactive ketones (excluding diaryl/α,β-unsaturated/α-hetero) is 1. The summed E-state index contributed by atoms with van der Waals surface area (Å²) in [5.41, 5.74) is 0.721. The number of carbonyl (C=O) groups excluding carboxylic acids is 1. The molecular weight excluding hydrogens is 380 g/mol. The Labute approximate surface area is 166 Å². The first-order valence-corrected chi connectivity index (χ1v) is 10.3. The Hall–Kier alpha value is -2.54. The highest BCUT2D eigenvalue weighted by Crippen LogP contribution is 2.31. The van der Waals surface area contributed by atoms with Gasteiger partial charge in [0, 0.05) is 29.3 Å². The van der Waals surface area contributed by atoms with Crippen LogP contribution in [0.25, 0.3) is 10.9 Å². The van der Waals surface area contributed by atoms with Gasteiger partial charge in [-0.2, -0.15) is 0 Å². The van der Waals surface area contributed by atoms with Gasteiger partial charge in [-0.3, -0.25) is 4.79 Å². The summed E-state index contributed by atoms with van der Waals surface area (Å²) in [7, 11) is 0. The van der Waals surface area contributed by atoms with Gasteiger partial charge in [0.05, 0.1) is 11.1 Å². The van der Waals surface area contributed by atoms with E-state index in [0.29, 0.717) is 25.9 Å². The molecule has 0 amide bonds. The summed E-state index contributed by atoms with van der Waals surface area (Å²) in [5.74, 6) is -1.06. The molecular formula is C21H19F2N3OS. The molecule has 1 saturated heterocycles. The Kier molecular flexibility index (Phi) is 5.26. The van der Waals surface area contributed by atoms with Gasteiger partial charge in [-0.15, -0.1) is 11.8 Å². The van der Waals surface area contributed by atoms with Gasteiger partial charge in [-0.05, 0) is 55.5 Å². The molecule has 0 atom stereocenters. The van der Waals surface area contributed by atoms with Crippen LogP contribution in [0.1, 0.15) is 23.2 Å². The lowest BCUT2D eigenvalue weighted by molar-refractivity contribution is 0.0895. The number of ketones is 1. The summed E-state index contributed by atoms with van der Waals surface area (Å²) in [5, 5.41) is 0.982. The number of anilines is 1. The van der Waals surface area contributed by atoms with E-state index in [1.54, 1.807) is 18.1 Å². The van der Waals surface area contributed by atoms with E-state index in [-0.39, 0.29) is 17.3 Å². The van der Waals surface area contributed by atoms with Gasteiger partial charge in [-0.25, -0.2) is 18.7 Å². The molecule has 0 radical (unpaired) electrons. The fourth-order valence-corrected chi connectivity index (χ4v) is 4.10. The molecule has 7 heteroatoms. The van der Waals surface area contributed by atoms with E-state index >= 15 is 0 Å². The highest BCUT2D eigenvalue weighted by molar-refractivity contribution is 7.98. The van der Waals surface area contributed by atoms with E-state index in [1.165, 1.54) is 0 Å². The third-order valence-corrected chi connectivity index (χ3v) is 5.91. The smallest absolute Gasteiger partial charge is 0.169 e. The lowest BCUT2D eigenvalue weighted by Gasteiger charge is -2.32. The van der Waals surface area contributed by atoms with E-state index in [4.69, 9.17) is 0 Å². The number of rotatable bonds is 4. The van der Waals surface area contributed by atoms with Crippen LogP contribution in [0, 0.1) is 17.6 Å². The molecule has 0 bridgehead atoms. The average Bonchev–Trinajstić information content (AvgIpc) is 2.74. The number of hydrogen-bond acceptors (Lipinski definition) is 5. The second kappa shape index (κ2) is 7.83. The quantitative estimate of drug-likeness (QED) is 0.469. The van der Waals surface area contributed by atoms with E-state index in [1.807, 2.05) is 18.4 Å². The van der Waals surface area contributed by atoms with Gasteiger partial charge in [-0.1, -0.05) is 0 Å². The zero-order valence-electron chi connectivity index (χ0n) is 15.4. The number of piperidine rings is 1. The molecule has 2 heterocycles. The van der Waals surface area contributed by atoms with Crippen LogP contribution in [0.15, 0.2) is 47.6 Å². The number of benzene rings is 2. The molecule has 1 fully saturated rings. The van der Waals surface area contributed by atoms with Crippen LogP contribution in [-0.2, 0) is 0 Å². The van der Waals surface area contributed by atoms with Crippen molar-refractivity contribution in [3.05, 3.63) is 59.9 Å². The van der Waals surface area contributed by atoms with Crippen molar-refractivity contribution in [3.63, 3.8) is 0 Å². The van der Waals surface area contributed by atoms with Crippen LogP contribution < -0.4 is 4.90 Å². The lowest BCUT2D eigenvalue weighted by Crippen LogP contribution is -2.37. The summed E-state index contributed by atoms with van der Waals surface area (Å²) >= 11 is 1.66. The second-order valence-corrected chi connectivity index (χ2v) is 7.71.